The Morgan fingerprint density at radius 3 is 2.47 bits per heavy atom. The van der Waals surface area contributed by atoms with Crippen molar-refractivity contribution in [3.63, 3.8) is 0 Å². The number of ether oxygens (including phenoxy) is 1. The zero-order valence-electron chi connectivity index (χ0n) is 16.8. The standard InChI is InChI=1S/C24H21N3O3/c1-16-7-9-17(10-8-16)21-15-22-20-5-3-4-6-23(20)30-24(2,26(22)25-21)18-11-13-19(14-12-18)27(28)29/h3-14,22H,15H2,1-2H3/t22-,24-/m1/s1. The van der Waals surface area contributed by atoms with Crippen LogP contribution in [-0.4, -0.2) is 15.6 Å². The molecule has 0 N–H and O–H groups in total. The van der Waals surface area contributed by atoms with Gasteiger partial charge >= 0.3 is 0 Å². The summed E-state index contributed by atoms with van der Waals surface area (Å²) in [5, 5.41) is 18.1. The minimum Gasteiger partial charge on any atom is -0.462 e. The average molecular weight is 399 g/mol. The Morgan fingerprint density at radius 1 is 1.07 bits per heavy atom. The Bertz CT molecular complexity index is 1160. The molecular formula is C24H21N3O3. The Labute approximate surface area is 174 Å². The minimum absolute atomic E-state index is 0.0337. The molecule has 2 atom stereocenters. The first-order valence-electron chi connectivity index (χ1n) is 9.92. The third kappa shape index (κ3) is 2.84. The highest BCUT2D eigenvalue weighted by molar-refractivity contribution is 6.02. The summed E-state index contributed by atoms with van der Waals surface area (Å²) in [4.78, 5) is 10.7. The summed E-state index contributed by atoms with van der Waals surface area (Å²) < 4.78 is 6.47. The minimum atomic E-state index is -0.874. The molecule has 0 bridgehead atoms. The molecule has 0 aliphatic carbocycles. The van der Waals surface area contributed by atoms with Gasteiger partial charge in [-0.15, -0.1) is 0 Å². The van der Waals surface area contributed by atoms with Crippen LogP contribution in [0.3, 0.4) is 0 Å². The smallest absolute Gasteiger partial charge is 0.269 e. The maximum absolute atomic E-state index is 11.1. The molecule has 2 heterocycles. The van der Waals surface area contributed by atoms with E-state index in [1.54, 1.807) is 12.1 Å². The molecule has 5 rings (SSSR count). The van der Waals surface area contributed by atoms with Crippen molar-refractivity contribution in [2.24, 2.45) is 5.10 Å². The van der Waals surface area contributed by atoms with E-state index in [1.165, 1.54) is 17.7 Å². The van der Waals surface area contributed by atoms with E-state index in [2.05, 4.69) is 37.3 Å². The number of nitrogens with zero attached hydrogens (tertiary/aromatic N) is 3. The fourth-order valence-electron chi connectivity index (χ4n) is 4.26. The topological polar surface area (TPSA) is 68.0 Å². The molecule has 0 unspecified atom stereocenters. The Hall–Kier alpha value is -3.67. The zero-order chi connectivity index (χ0) is 20.9. The summed E-state index contributed by atoms with van der Waals surface area (Å²) in [6.07, 6.45) is 0.770. The van der Waals surface area contributed by atoms with Crippen LogP contribution in [0, 0.1) is 17.0 Å². The van der Waals surface area contributed by atoms with Crippen LogP contribution in [0.2, 0.25) is 0 Å². The molecule has 0 fully saturated rings. The molecule has 0 spiro atoms. The highest BCUT2D eigenvalue weighted by Gasteiger charge is 2.48. The molecule has 150 valence electrons. The van der Waals surface area contributed by atoms with Crippen LogP contribution in [-0.2, 0) is 5.72 Å². The van der Waals surface area contributed by atoms with Crippen LogP contribution in [0.4, 0.5) is 5.69 Å². The third-order valence-electron chi connectivity index (χ3n) is 5.93. The van der Waals surface area contributed by atoms with Crippen LogP contribution >= 0.6 is 0 Å². The highest BCUT2D eigenvalue weighted by atomic mass is 16.6. The van der Waals surface area contributed by atoms with E-state index in [0.29, 0.717) is 0 Å². The monoisotopic (exact) mass is 399 g/mol. The lowest BCUT2D eigenvalue weighted by Crippen LogP contribution is -2.48. The number of hydrazone groups is 1. The van der Waals surface area contributed by atoms with E-state index in [4.69, 9.17) is 9.84 Å². The number of hydrogen-bond donors (Lipinski definition) is 0. The molecule has 30 heavy (non-hydrogen) atoms. The maximum Gasteiger partial charge on any atom is 0.269 e. The van der Waals surface area contributed by atoms with Crippen molar-refractivity contribution in [3.8, 4) is 5.75 Å². The van der Waals surface area contributed by atoms with Gasteiger partial charge in [0.2, 0.25) is 5.72 Å². The van der Waals surface area contributed by atoms with Crippen molar-refractivity contribution in [1.82, 2.24) is 5.01 Å². The summed E-state index contributed by atoms with van der Waals surface area (Å²) >= 11 is 0. The van der Waals surface area contributed by atoms with Gasteiger partial charge in [0.05, 0.1) is 16.7 Å². The number of benzene rings is 3. The molecule has 0 saturated carbocycles. The highest BCUT2D eigenvalue weighted by Crippen LogP contribution is 2.50. The molecular weight excluding hydrogens is 378 g/mol. The quantitative estimate of drug-likeness (QED) is 0.442. The second-order valence-corrected chi connectivity index (χ2v) is 7.90. The lowest BCUT2D eigenvalue weighted by Gasteiger charge is -2.45. The van der Waals surface area contributed by atoms with Crippen LogP contribution in [0.1, 0.15) is 41.6 Å². The van der Waals surface area contributed by atoms with E-state index in [9.17, 15) is 10.1 Å². The normalized spacial score (nSPS) is 22.0. The largest absolute Gasteiger partial charge is 0.462 e. The van der Waals surface area contributed by atoms with Crippen LogP contribution in [0.5, 0.6) is 5.75 Å². The van der Waals surface area contributed by atoms with Crippen molar-refractivity contribution in [3.05, 3.63) is 105 Å². The molecule has 3 aromatic rings. The second-order valence-electron chi connectivity index (χ2n) is 7.90. The summed E-state index contributed by atoms with van der Waals surface area (Å²) in [6.45, 7) is 4.04. The fraction of sp³-hybridized carbons (Fsp3) is 0.208. The maximum atomic E-state index is 11.1. The Kier molecular flexibility index (Phi) is 4.10. The molecule has 0 amide bonds. The number of hydrogen-bond acceptors (Lipinski definition) is 5. The van der Waals surface area contributed by atoms with Gasteiger partial charge in [-0.1, -0.05) is 48.0 Å². The molecule has 6 nitrogen and oxygen atoms in total. The van der Waals surface area contributed by atoms with E-state index in [1.807, 2.05) is 30.1 Å². The lowest BCUT2D eigenvalue weighted by molar-refractivity contribution is -0.384. The number of fused-ring (bicyclic) bond motifs is 3. The summed E-state index contributed by atoms with van der Waals surface area (Å²) in [7, 11) is 0. The molecule has 0 aromatic heterocycles. The SMILES string of the molecule is Cc1ccc(C2=NN3[C@H](C2)c2ccccc2O[C@]3(C)c2ccc([N+](=O)[O-])cc2)cc1. The second kappa shape index (κ2) is 6.69. The van der Waals surface area contributed by atoms with Crippen LogP contribution in [0.15, 0.2) is 77.9 Å². The number of nitro benzene ring substituents is 1. The molecule has 6 heteroatoms. The van der Waals surface area contributed by atoms with Gasteiger partial charge < -0.3 is 4.74 Å². The van der Waals surface area contributed by atoms with Crippen LogP contribution < -0.4 is 4.74 Å². The molecule has 2 aliphatic heterocycles. The zero-order valence-corrected chi connectivity index (χ0v) is 16.8. The molecule has 3 aromatic carbocycles. The van der Waals surface area contributed by atoms with Crippen molar-refractivity contribution in [2.45, 2.75) is 32.0 Å². The van der Waals surface area contributed by atoms with Gasteiger partial charge in [0.15, 0.2) is 0 Å². The number of non-ortho nitro benzene ring substituents is 1. The molecule has 0 saturated heterocycles. The van der Waals surface area contributed by atoms with Gasteiger partial charge in [-0.3, -0.25) is 10.1 Å². The third-order valence-corrected chi connectivity index (χ3v) is 5.93. The van der Waals surface area contributed by atoms with Crippen molar-refractivity contribution < 1.29 is 9.66 Å². The predicted octanol–water partition coefficient (Wildman–Crippen LogP) is 5.32. The number of aryl methyl sites for hydroxylation is 1. The number of para-hydroxylation sites is 1. The molecule has 2 aliphatic rings. The Balaban J connectivity index is 1.61. The van der Waals surface area contributed by atoms with E-state index >= 15 is 0 Å². The van der Waals surface area contributed by atoms with Gasteiger partial charge in [0, 0.05) is 36.6 Å². The van der Waals surface area contributed by atoms with Crippen molar-refractivity contribution >= 4 is 11.4 Å². The van der Waals surface area contributed by atoms with E-state index < -0.39 is 10.6 Å². The summed E-state index contributed by atoms with van der Waals surface area (Å²) in [5.74, 6) is 0.819. The summed E-state index contributed by atoms with van der Waals surface area (Å²) in [5.41, 5.74) is 4.41. The van der Waals surface area contributed by atoms with E-state index in [0.717, 1.165) is 34.6 Å². The van der Waals surface area contributed by atoms with Gasteiger partial charge in [0.1, 0.15) is 5.75 Å². The Morgan fingerprint density at radius 2 is 1.77 bits per heavy atom. The van der Waals surface area contributed by atoms with Crippen molar-refractivity contribution in [2.75, 3.05) is 0 Å². The van der Waals surface area contributed by atoms with E-state index in [-0.39, 0.29) is 11.7 Å². The van der Waals surface area contributed by atoms with Gasteiger partial charge in [-0.2, -0.15) is 5.10 Å². The first-order chi connectivity index (χ1) is 14.5. The predicted molar refractivity (Wildman–Crippen MR) is 114 cm³/mol. The molecule has 0 radical (unpaired) electrons. The van der Waals surface area contributed by atoms with Crippen LogP contribution in [0.25, 0.3) is 0 Å². The first-order valence-corrected chi connectivity index (χ1v) is 9.92. The van der Waals surface area contributed by atoms with Gasteiger partial charge in [-0.25, -0.2) is 5.01 Å². The van der Waals surface area contributed by atoms with Crippen molar-refractivity contribution in [1.29, 1.82) is 0 Å². The number of nitro groups is 1. The number of rotatable bonds is 3. The van der Waals surface area contributed by atoms with Gasteiger partial charge in [-0.05, 0) is 30.7 Å². The average Bonchev–Trinajstić information content (AvgIpc) is 3.21. The first kappa shape index (κ1) is 18.4. The van der Waals surface area contributed by atoms with Gasteiger partial charge in [0.25, 0.3) is 5.69 Å². The summed E-state index contributed by atoms with van der Waals surface area (Å²) in [6, 6.07) is 23.0. The lowest BCUT2D eigenvalue weighted by atomic mass is 9.92. The fourth-order valence-corrected chi connectivity index (χ4v) is 4.26.